The number of benzene rings is 3. The summed E-state index contributed by atoms with van der Waals surface area (Å²) in [6.45, 7) is 2.14. The quantitative estimate of drug-likeness (QED) is 0.253. The number of unbranched alkanes of at least 4 members (excludes halogenated alkanes) is 3. The van der Waals surface area contributed by atoms with Crippen LogP contribution < -0.4 is 0 Å². The smallest absolute Gasteiger partial charge is 0.166 e. The minimum absolute atomic E-state index is 0.118. The van der Waals surface area contributed by atoms with Gasteiger partial charge in [-0.1, -0.05) is 50.5 Å². The summed E-state index contributed by atoms with van der Waals surface area (Å²) in [5, 5.41) is 0.955. The van der Waals surface area contributed by atoms with Gasteiger partial charge < -0.3 is 0 Å². The van der Waals surface area contributed by atoms with Gasteiger partial charge in [-0.2, -0.15) is 0 Å². The van der Waals surface area contributed by atoms with Crippen LogP contribution in [0, 0.1) is 23.3 Å². The van der Waals surface area contributed by atoms with Crippen molar-refractivity contribution in [2.24, 2.45) is 0 Å². The lowest BCUT2D eigenvalue weighted by Crippen LogP contribution is -2.15. The van der Waals surface area contributed by atoms with Crippen LogP contribution in [0.2, 0.25) is 0 Å². The molecule has 0 saturated heterocycles. The molecule has 0 atom stereocenters. The van der Waals surface area contributed by atoms with E-state index in [0.29, 0.717) is 24.6 Å². The molecule has 0 unspecified atom stereocenters. The average molecular weight is 443 g/mol. The summed E-state index contributed by atoms with van der Waals surface area (Å²) in [5.74, 6) is -2.36. The van der Waals surface area contributed by atoms with E-state index >= 15 is 0 Å². The minimum Gasteiger partial charge on any atom is -0.207 e. The Kier molecular flexibility index (Phi) is 7.17. The van der Waals surface area contributed by atoms with E-state index in [2.05, 4.69) is 6.92 Å². The van der Waals surface area contributed by atoms with Gasteiger partial charge >= 0.3 is 0 Å². The maximum atomic E-state index is 14.8. The second-order valence-electron chi connectivity index (χ2n) is 9.17. The van der Waals surface area contributed by atoms with Gasteiger partial charge in [0.1, 0.15) is 11.6 Å². The van der Waals surface area contributed by atoms with Gasteiger partial charge in [-0.3, -0.25) is 0 Å². The van der Waals surface area contributed by atoms with E-state index in [0.717, 1.165) is 55.7 Å². The maximum Gasteiger partial charge on any atom is 0.166 e. The van der Waals surface area contributed by atoms with E-state index < -0.39 is 23.3 Å². The number of halogens is 4. The third-order valence-electron chi connectivity index (χ3n) is 7.00. The monoisotopic (exact) mass is 442 g/mol. The molecule has 3 aromatic carbocycles. The van der Waals surface area contributed by atoms with Crippen LogP contribution in [-0.2, 0) is 6.42 Å². The zero-order valence-electron chi connectivity index (χ0n) is 18.6. The Morgan fingerprint density at radius 2 is 1.41 bits per heavy atom. The van der Waals surface area contributed by atoms with E-state index in [1.807, 2.05) is 12.1 Å². The molecule has 1 aliphatic carbocycles. The van der Waals surface area contributed by atoms with Crippen molar-refractivity contribution < 1.29 is 17.6 Å². The molecule has 0 heterocycles. The summed E-state index contributed by atoms with van der Waals surface area (Å²) in [6.07, 6.45) is 8.10. The van der Waals surface area contributed by atoms with Crippen LogP contribution in [0.3, 0.4) is 0 Å². The van der Waals surface area contributed by atoms with E-state index in [4.69, 9.17) is 0 Å². The Labute approximate surface area is 187 Å². The first-order valence-corrected chi connectivity index (χ1v) is 11.8. The molecule has 1 fully saturated rings. The third-order valence-corrected chi connectivity index (χ3v) is 7.00. The summed E-state index contributed by atoms with van der Waals surface area (Å²) >= 11 is 0. The third kappa shape index (κ3) is 4.84. The van der Waals surface area contributed by atoms with Gasteiger partial charge in [0.2, 0.25) is 0 Å². The normalized spacial score (nSPS) is 18.9. The molecular weight excluding hydrogens is 412 g/mol. The molecule has 0 aliphatic heterocycles. The lowest BCUT2D eigenvalue weighted by Gasteiger charge is -2.30. The molecule has 0 spiro atoms. The zero-order valence-corrected chi connectivity index (χ0v) is 18.6. The van der Waals surface area contributed by atoms with Crippen molar-refractivity contribution in [2.45, 2.75) is 76.5 Å². The fourth-order valence-electron chi connectivity index (χ4n) is 5.18. The highest BCUT2D eigenvalue weighted by molar-refractivity contribution is 5.84. The summed E-state index contributed by atoms with van der Waals surface area (Å²) < 4.78 is 57.1. The largest absolute Gasteiger partial charge is 0.207 e. The first-order chi connectivity index (χ1) is 15.5. The molecular formula is C28H30F4. The van der Waals surface area contributed by atoms with E-state index in [-0.39, 0.29) is 22.8 Å². The molecule has 0 radical (unpaired) electrons. The molecule has 0 N–H and O–H groups in total. The van der Waals surface area contributed by atoms with Gasteiger partial charge in [0.25, 0.3) is 0 Å². The second-order valence-corrected chi connectivity index (χ2v) is 9.17. The van der Waals surface area contributed by atoms with Crippen LogP contribution in [0.25, 0.3) is 10.8 Å². The van der Waals surface area contributed by atoms with Crippen LogP contribution in [0.1, 0.15) is 86.8 Å². The van der Waals surface area contributed by atoms with E-state index in [9.17, 15) is 17.6 Å². The Hall–Kier alpha value is -2.36. The number of hydrogen-bond donors (Lipinski definition) is 0. The Bertz CT molecular complexity index is 1060. The number of aryl methyl sites for hydroxylation is 1. The molecule has 1 aliphatic rings. The van der Waals surface area contributed by atoms with Gasteiger partial charge in [0.15, 0.2) is 11.6 Å². The van der Waals surface area contributed by atoms with Crippen molar-refractivity contribution in [1.29, 1.82) is 0 Å². The predicted molar refractivity (Wildman–Crippen MR) is 122 cm³/mol. The van der Waals surface area contributed by atoms with Crippen LogP contribution >= 0.6 is 0 Å². The van der Waals surface area contributed by atoms with Crippen molar-refractivity contribution in [2.75, 3.05) is 0 Å². The first-order valence-electron chi connectivity index (χ1n) is 11.8. The molecule has 170 valence electrons. The summed E-state index contributed by atoms with van der Waals surface area (Å²) in [4.78, 5) is 0. The number of rotatable bonds is 7. The summed E-state index contributed by atoms with van der Waals surface area (Å²) in [5.41, 5.74) is 2.05. The first kappa shape index (κ1) is 22.8. The highest BCUT2D eigenvalue weighted by atomic mass is 19.2. The van der Waals surface area contributed by atoms with Crippen molar-refractivity contribution in [3.05, 3.63) is 82.4 Å². The number of hydrogen-bond acceptors (Lipinski definition) is 0. The van der Waals surface area contributed by atoms with Crippen molar-refractivity contribution in [3.63, 3.8) is 0 Å². The highest BCUT2D eigenvalue weighted by Gasteiger charge is 2.28. The fraction of sp³-hybridized carbons (Fsp3) is 0.429. The van der Waals surface area contributed by atoms with Crippen LogP contribution in [0.4, 0.5) is 17.6 Å². The standard InChI is InChI=1S/C28H30F4/c1-2-3-4-5-6-18-15-25(30)27(26(31)16-18)20-9-7-19(8-10-20)21-11-13-23-22(17-21)12-14-24(29)28(23)32/h11-17,19-20H,2-10H2,1H3. The average Bonchev–Trinajstić information content (AvgIpc) is 2.79. The Morgan fingerprint density at radius 1 is 0.719 bits per heavy atom. The lowest BCUT2D eigenvalue weighted by atomic mass is 9.75. The van der Waals surface area contributed by atoms with Crippen molar-refractivity contribution in [1.82, 2.24) is 0 Å². The molecule has 4 heteroatoms. The van der Waals surface area contributed by atoms with E-state index in [1.165, 1.54) is 12.1 Å². The molecule has 0 amide bonds. The summed E-state index contributed by atoms with van der Waals surface area (Å²) in [6, 6.07) is 11.2. The predicted octanol–water partition coefficient (Wildman–Crippen LogP) is 8.96. The molecule has 4 rings (SSSR count). The molecule has 1 saturated carbocycles. The fourth-order valence-corrected chi connectivity index (χ4v) is 5.18. The van der Waals surface area contributed by atoms with Gasteiger partial charge in [0.05, 0.1) is 0 Å². The SMILES string of the molecule is CCCCCCc1cc(F)c(C2CCC(c3ccc4c(F)c(F)ccc4c3)CC2)c(F)c1. The molecule has 0 nitrogen and oxygen atoms in total. The van der Waals surface area contributed by atoms with Crippen LogP contribution in [0.15, 0.2) is 42.5 Å². The number of fused-ring (bicyclic) bond motifs is 1. The Morgan fingerprint density at radius 3 is 2.09 bits per heavy atom. The van der Waals surface area contributed by atoms with Crippen LogP contribution in [0.5, 0.6) is 0 Å². The highest BCUT2D eigenvalue weighted by Crippen LogP contribution is 2.42. The summed E-state index contributed by atoms with van der Waals surface area (Å²) in [7, 11) is 0. The van der Waals surface area contributed by atoms with E-state index in [1.54, 1.807) is 12.1 Å². The van der Waals surface area contributed by atoms with Crippen molar-refractivity contribution in [3.8, 4) is 0 Å². The Balaban J connectivity index is 1.43. The maximum absolute atomic E-state index is 14.8. The van der Waals surface area contributed by atoms with Gasteiger partial charge in [-0.25, -0.2) is 17.6 Å². The van der Waals surface area contributed by atoms with Crippen molar-refractivity contribution >= 4 is 10.8 Å². The lowest BCUT2D eigenvalue weighted by molar-refractivity contribution is 0.376. The molecule has 0 bridgehead atoms. The van der Waals surface area contributed by atoms with Gasteiger partial charge in [-0.15, -0.1) is 0 Å². The topological polar surface area (TPSA) is 0 Å². The van der Waals surface area contributed by atoms with Gasteiger partial charge in [0, 0.05) is 10.9 Å². The minimum atomic E-state index is -0.846. The van der Waals surface area contributed by atoms with Gasteiger partial charge in [-0.05, 0) is 85.1 Å². The molecule has 3 aromatic rings. The second kappa shape index (κ2) is 10.1. The molecule has 32 heavy (non-hydrogen) atoms. The van der Waals surface area contributed by atoms with Crippen LogP contribution in [-0.4, -0.2) is 0 Å². The zero-order chi connectivity index (χ0) is 22.7. The molecule has 0 aromatic heterocycles.